The summed E-state index contributed by atoms with van der Waals surface area (Å²) in [5.41, 5.74) is 0. The van der Waals surface area contributed by atoms with Gasteiger partial charge < -0.3 is 9.64 Å². The number of alkyl halides is 1. The van der Waals surface area contributed by atoms with E-state index < -0.39 is 0 Å². The molecule has 0 atom stereocenters. The van der Waals surface area contributed by atoms with Gasteiger partial charge in [0, 0.05) is 24.0 Å². The SMILES string of the molecule is CCC(CC)N(CCBr)c1cc(OC)nc(C)n1. The Morgan fingerprint density at radius 1 is 1.33 bits per heavy atom. The highest BCUT2D eigenvalue weighted by Crippen LogP contribution is 2.22. The summed E-state index contributed by atoms with van der Waals surface area (Å²) in [6, 6.07) is 2.41. The van der Waals surface area contributed by atoms with Gasteiger partial charge in [-0.05, 0) is 19.8 Å². The Bertz CT molecular complexity index is 369. The van der Waals surface area contributed by atoms with Crippen LogP contribution in [-0.4, -0.2) is 35.0 Å². The number of nitrogens with zero attached hydrogens (tertiary/aromatic N) is 3. The van der Waals surface area contributed by atoms with Crippen LogP contribution in [0.5, 0.6) is 5.88 Å². The van der Waals surface area contributed by atoms with Gasteiger partial charge in [-0.3, -0.25) is 0 Å². The molecule has 4 nitrogen and oxygen atoms in total. The Morgan fingerprint density at radius 2 is 2.00 bits per heavy atom. The summed E-state index contributed by atoms with van der Waals surface area (Å²) >= 11 is 3.51. The van der Waals surface area contributed by atoms with Gasteiger partial charge >= 0.3 is 0 Å². The van der Waals surface area contributed by atoms with Crippen LogP contribution in [0.4, 0.5) is 5.82 Å². The van der Waals surface area contributed by atoms with Crippen molar-refractivity contribution in [1.29, 1.82) is 0 Å². The standard InChI is InChI=1S/C13H22BrN3O/c1-5-11(6-2)17(8-7-14)12-9-13(18-4)16-10(3)15-12/h9,11H,5-8H2,1-4H3. The topological polar surface area (TPSA) is 38.2 Å². The van der Waals surface area contributed by atoms with Crippen molar-refractivity contribution in [2.75, 3.05) is 23.9 Å². The van der Waals surface area contributed by atoms with Crippen molar-refractivity contribution < 1.29 is 4.74 Å². The van der Waals surface area contributed by atoms with Crippen LogP contribution >= 0.6 is 15.9 Å². The van der Waals surface area contributed by atoms with E-state index in [-0.39, 0.29) is 0 Å². The maximum atomic E-state index is 5.22. The first-order valence-electron chi connectivity index (χ1n) is 6.38. The monoisotopic (exact) mass is 315 g/mol. The molecule has 0 unspecified atom stereocenters. The maximum Gasteiger partial charge on any atom is 0.218 e. The summed E-state index contributed by atoms with van der Waals surface area (Å²) in [4.78, 5) is 11.1. The van der Waals surface area contributed by atoms with E-state index in [9.17, 15) is 0 Å². The normalized spacial score (nSPS) is 10.8. The highest BCUT2D eigenvalue weighted by Gasteiger charge is 2.17. The number of hydrogen-bond acceptors (Lipinski definition) is 4. The fourth-order valence-corrected chi connectivity index (χ4v) is 2.46. The third-order valence-corrected chi connectivity index (χ3v) is 3.37. The molecule has 0 bridgehead atoms. The molecule has 0 radical (unpaired) electrons. The summed E-state index contributed by atoms with van der Waals surface area (Å²) < 4.78 is 5.22. The molecule has 0 amide bonds. The van der Waals surface area contributed by atoms with Crippen LogP contribution in [0.3, 0.4) is 0 Å². The van der Waals surface area contributed by atoms with Crippen molar-refractivity contribution in [2.45, 2.75) is 39.7 Å². The zero-order valence-electron chi connectivity index (χ0n) is 11.6. The number of hydrogen-bond donors (Lipinski definition) is 0. The molecule has 1 rings (SSSR count). The molecular weight excluding hydrogens is 294 g/mol. The van der Waals surface area contributed by atoms with Gasteiger partial charge in [-0.15, -0.1) is 0 Å². The molecule has 5 heteroatoms. The average Bonchev–Trinajstić information content (AvgIpc) is 2.38. The summed E-state index contributed by atoms with van der Waals surface area (Å²) in [5, 5.41) is 0.925. The van der Waals surface area contributed by atoms with Crippen LogP contribution in [0.15, 0.2) is 6.07 Å². The van der Waals surface area contributed by atoms with Crippen LogP contribution in [0.25, 0.3) is 0 Å². The van der Waals surface area contributed by atoms with Crippen molar-refractivity contribution in [3.8, 4) is 5.88 Å². The fraction of sp³-hybridized carbons (Fsp3) is 0.692. The van der Waals surface area contributed by atoms with Crippen LogP contribution in [0.1, 0.15) is 32.5 Å². The molecule has 1 heterocycles. The second-order valence-electron chi connectivity index (χ2n) is 4.17. The number of rotatable bonds is 7. The van der Waals surface area contributed by atoms with Crippen molar-refractivity contribution in [1.82, 2.24) is 9.97 Å². The lowest BCUT2D eigenvalue weighted by molar-refractivity contribution is 0.395. The highest BCUT2D eigenvalue weighted by molar-refractivity contribution is 9.09. The van der Waals surface area contributed by atoms with Crippen LogP contribution < -0.4 is 9.64 Å². The van der Waals surface area contributed by atoms with Gasteiger partial charge in [0.05, 0.1) is 7.11 Å². The Balaban J connectivity index is 3.07. The molecule has 0 fully saturated rings. The summed E-state index contributed by atoms with van der Waals surface area (Å²) in [6.07, 6.45) is 2.21. The summed E-state index contributed by atoms with van der Waals surface area (Å²) in [5.74, 6) is 2.32. The second kappa shape index (κ2) is 7.56. The van der Waals surface area contributed by atoms with Gasteiger partial charge in [0.1, 0.15) is 11.6 Å². The lowest BCUT2D eigenvalue weighted by Crippen LogP contribution is -2.36. The van der Waals surface area contributed by atoms with E-state index in [1.54, 1.807) is 7.11 Å². The maximum absolute atomic E-state index is 5.22. The Labute approximate surface area is 118 Å². The van der Waals surface area contributed by atoms with Gasteiger partial charge in [-0.1, -0.05) is 29.8 Å². The molecule has 1 aromatic rings. The third kappa shape index (κ3) is 3.83. The number of ether oxygens (including phenoxy) is 1. The second-order valence-corrected chi connectivity index (χ2v) is 4.96. The molecule has 0 saturated heterocycles. The van der Waals surface area contributed by atoms with Gasteiger partial charge in [0.15, 0.2) is 0 Å². The molecule has 102 valence electrons. The average molecular weight is 316 g/mol. The summed E-state index contributed by atoms with van der Waals surface area (Å²) in [7, 11) is 1.64. The van der Waals surface area contributed by atoms with Crippen molar-refractivity contribution in [2.24, 2.45) is 0 Å². The van der Waals surface area contributed by atoms with Crippen LogP contribution in [0, 0.1) is 6.92 Å². The van der Waals surface area contributed by atoms with E-state index in [1.165, 1.54) is 0 Å². The molecule has 18 heavy (non-hydrogen) atoms. The number of halogens is 1. The predicted molar refractivity (Wildman–Crippen MR) is 78.8 cm³/mol. The van der Waals surface area contributed by atoms with Crippen molar-refractivity contribution in [3.05, 3.63) is 11.9 Å². The fourth-order valence-electron chi connectivity index (χ4n) is 2.08. The van der Waals surface area contributed by atoms with E-state index in [0.717, 1.165) is 36.4 Å². The predicted octanol–water partition coefficient (Wildman–Crippen LogP) is 3.18. The first-order valence-corrected chi connectivity index (χ1v) is 7.50. The molecule has 0 aliphatic heterocycles. The minimum absolute atomic E-state index is 0.501. The molecule has 1 aromatic heterocycles. The van der Waals surface area contributed by atoms with Crippen LogP contribution in [-0.2, 0) is 0 Å². The number of aryl methyl sites for hydroxylation is 1. The van der Waals surface area contributed by atoms with Gasteiger partial charge in [-0.2, -0.15) is 4.98 Å². The lowest BCUT2D eigenvalue weighted by atomic mass is 10.1. The van der Waals surface area contributed by atoms with E-state index in [1.807, 2.05) is 13.0 Å². The molecule has 0 saturated carbocycles. The largest absolute Gasteiger partial charge is 0.481 e. The number of anilines is 1. The van der Waals surface area contributed by atoms with Gasteiger partial charge in [0.2, 0.25) is 5.88 Å². The first kappa shape index (κ1) is 15.2. The molecule has 0 N–H and O–H groups in total. The van der Waals surface area contributed by atoms with Crippen molar-refractivity contribution in [3.63, 3.8) is 0 Å². The van der Waals surface area contributed by atoms with E-state index in [0.29, 0.717) is 11.9 Å². The quantitative estimate of drug-likeness (QED) is 0.724. The molecule has 0 aliphatic carbocycles. The van der Waals surface area contributed by atoms with Crippen LogP contribution in [0.2, 0.25) is 0 Å². The van der Waals surface area contributed by atoms with Gasteiger partial charge in [-0.25, -0.2) is 4.98 Å². The molecule has 0 aliphatic rings. The zero-order valence-corrected chi connectivity index (χ0v) is 13.2. The van der Waals surface area contributed by atoms with Gasteiger partial charge in [0.25, 0.3) is 0 Å². The van der Waals surface area contributed by atoms with E-state index in [2.05, 4.69) is 44.6 Å². The highest BCUT2D eigenvalue weighted by atomic mass is 79.9. The first-order chi connectivity index (χ1) is 8.65. The van der Waals surface area contributed by atoms with E-state index >= 15 is 0 Å². The van der Waals surface area contributed by atoms with Crippen molar-refractivity contribution >= 4 is 21.7 Å². The zero-order chi connectivity index (χ0) is 13.5. The molecule has 0 aromatic carbocycles. The lowest BCUT2D eigenvalue weighted by Gasteiger charge is -2.31. The Morgan fingerprint density at radius 3 is 2.50 bits per heavy atom. The minimum atomic E-state index is 0.501. The smallest absolute Gasteiger partial charge is 0.218 e. The Hall–Kier alpha value is -0.840. The molecule has 0 spiro atoms. The third-order valence-electron chi connectivity index (χ3n) is 3.01. The summed E-state index contributed by atoms with van der Waals surface area (Å²) in [6.45, 7) is 7.25. The minimum Gasteiger partial charge on any atom is -0.481 e. The van der Waals surface area contributed by atoms with E-state index in [4.69, 9.17) is 4.74 Å². The number of methoxy groups -OCH3 is 1. The number of aromatic nitrogens is 2. The molecular formula is C13H22BrN3O. The Kier molecular flexibility index (Phi) is 6.39.